The van der Waals surface area contributed by atoms with Crippen LogP contribution in [0.4, 0.5) is 0 Å². The van der Waals surface area contributed by atoms with Gasteiger partial charge in [-0.05, 0) is 19.1 Å². The van der Waals surface area contributed by atoms with E-state index in [0.29, 0.717) is 5.56 Å². The third-order valence-electron chi connectivity index (χ3n) is 1.34. The first-order chi connectivity index (χ1) is 6.43. The topological polar surface area (TPSA) is 80.4 Å². The van der Waals surface area contributed by atoms with Gasteiger partial charge in [-0.15, -0.1) is 0 Å². The van der Waals surface area contributed by atoms with Crippen LogP contribution in [0.3, 0.4) is 0 Å². The summed E-state index contributed by atoms with van der Waals surface area (Å²) in [4.78, 5) is 19.5. The molecule has 4 nitrogen and oxygen atoms in total. The predicted molar refractivity (Wildman–Crippen MR) is 53.0 cm³/mol. The average Bonchev–Trinajstić information content (AvgIpc) is 2.03. The highest BCUT2D eigenvalue weighted by atomic mass is 16.4. The Morgan fingerprint density at radius 1 is 1.21 bits per heavy atom. The molecule has 1 rings (SSSR count). The number of hydrogen-bond acceptors (Lipinski definition) is 2. The first kappa shape index (κ1) is 12.2. The van der Waals surface area contributed by atoms with Gasteiger partial charge in [-0.3, -0.25) is 9.59 Å². The van der Waals surface area contributed by atoms with Crippen LogP contribution in [0.2, 0.25) is 0 Å². The molecular weight excluding hydrogens is 182 g/mol. The molecule has 1 aromatic carbocycles. The van der Waals surface area contributed by atoms with E-state index < -0.39 is 5.97 Å². The molecule has 1 aromatic rings. The van der Waals surface area contributed by atoms with E-state index in [-0.39, 0.29) is 5.91 Å². The molecule has 76 valence electrons. The molecule has 0 saturated heterocycles. The molecule has 0 aromatic heterocycles. The number of amides is 1. The van der Waals surface area contributed by atoms with E-state index in [1.54, 1.807) is 12.1 Å². The number of benzene rings is 1. The number of nitrogens with two attached hydrogens (primary N) is 1. The Kier molecular flexibility index (Phi) is 4.99. The van der Waals surface area contributed by atoms with E-state index in [2.05, 4.69) is 0 Å². The van der Waals surface area contributed by atoms with Gasteiger partial charge in [-0.2, -0.15) is 0 Å². The zero-order valence-electron chi connectivity index (χ0n) is 8.15. The van der Waals surface area contributed by atoms with Gasteiger partial charge in [0, 0.05) is 12.5 Å². The third kappa shape index (κ3) is 5.77. The fourth-order valence-corrected chi connectivity index (χ4v) is 0.718. The van der Waals surface area contributed by atoms with E-state index in [4.69, 9.17) is 15.6 Å². The van der Waals surface area contributed by atoms with Gasteiger partial charge >= 0.3 is 0 Å². The molecule has 0 heterocycles. The molecular formula is C10H13NO3. The summed E-state index contributed by atoms with van der Waals surface area (Å²) in [5.74, 6) is -1.21. The monoisotopic (exact) mass is 195 g/mol. The fraction of sp³-hybridized carbons (Fsp3) is 0.200. The summed E-state index contributed by atoms with van der Waals surface area (Å²) in [6.45, 7) is 3.05. The van der Waals surface area contributed by atoms with Crippen LogP contribution in [0.25, 0.3) is 0 Å². The summed E-state index contributed by atoms with van der Waals surface area (Å²) in [7, 11) is 0. The molecule has 0 unspecified atom stereocenters. The molecule has 0 spiro atoms. The summed E-state index contributed by atoms with van der Waals surface area (Å²) >= 11 is 0. The number of carbonyl (C=O) groups is 2. The van der Waals surface area contributed by atoms with Crippen LogP contribution in [0.5, 0.6) is 0 Å². The Labute approximate surface area is 82.4 Å². The molecule has 0 atom stereocenters. The largest absolute Gasteiger partial charge is 0.481 e. The molecule has 1 amide bonds. The van der Waals surface area contributed by atoms with Gasteiger partial charge < -0.3 is 10.8 Å². The second-order valence-corrected chi connectivity index (χ2v) is 2.75. The highest BCUT2D eigenvalue weighted by Crippen LogP contribution is 2.00. The van der Waals surface area contributed by atoms with Gasteiger partial charge in [0.1, 0.15) is 0 Å². The SMILES string of the molecule is CC(=O)O.Cc1ccc(C(N)=O)cc1. The van der Waals surface area contributed by atoms with Gasteiger partial charge in [0.05, 0.1) is 0 Å². The zero-order valence-corrected chi connectivity index (χ0v) is 8.15. The van der Waals surface area contributed by atoms with Gasteiger partial charge in [0.2, 0.25) is 5.91 Å². The number of primary amides is 1. The maximum Gasteiger partial charge on any atom is 0.300 e. The lowest BCUT2D eigenvalue weighted by Gasteiger charge is -1.93. The van der Waals surface area contributed by atoms with E-state index in [9.17, 15) is 4.79 Å². The second kappa shape index (κ2) is 5.75. The van der Waals surface area contributed by atoms with Crippen LogP contribution in [0.1, 0.15) is 22.8 Å². The number of aryl methyl sites for hydroxylation is 1. The van der Waals surface area contributed by atoms with Crippen molar-refractivity contribution in [3.05, 3.63) is 35.4 Å². The van der Waals surface area contributed by atoms with Crippen molar-refractivity contribution in [3.63, 3.8) is 0 Å². The Bertz CT molecular complexity index is 313. The molecule has 0 fully saturated rings. The number of rotatable bonds is 1. The van der Waals surface area contributed by atoms with Crippen molar-refractivity contribution < 1.29 is 14.7 Å². The number of carboxylic acids is 1. The lowest BCUT2D eigenvalue weighted by Crippen LogP contribution is -2.10. The standard InChI is InChI=1S/C8H9NO.C2H4O2/c1-6-2-4-7(5-3-6)8(9)10;1-2(3)4/h2-5H,1H3,(H2,9,10);1H3,(H,3,4). The Morgan fingerprint density at radius 2 is 1.57 bits per heavy atom. The molecule has 0 radical (unpaired) electrons. The van der Waals surface area contributed by atoms with Crippen LogP contribution < -0.4 is 5.73 Å². The molecule has 0 aliphatic rings. The second-order valence-electron chi connectivity index (χ2n) is 2.75. The molecule has 4 heteroatoms. The molecule has 0 aliphatic heterocycles. The van der Waals surface area contributed by atoms with E-state index in [1.807, 2.05) is 19.1 Å². The van der Waals surface area contributed by atoms with Crippen LogP contribution in [0.15, 0.2) is 24.3 Å². The van der Waals surface area contributed by atoms with Crippen LogP contribution in [-0.2, 0) is 4.79 Å². The number of hydrogen-bond donors (Lipinski definition) is 2. The molecule has 0 saturated carbocycles. The highest BCUT2D eigenvalue weighted by molar-refractivity contribution is 5.92. The number of aliphatic carboxylic acids is 1. The molecule has 0 bridgehead atoms. The van der Waals surface area contributed by atoms with Crippen molar-refractivity contribution >= 4 is 11.9 Å². The summed E-state index contributed by atoms with van der Waals surface area (Å²) < 4.78 is 0. The van der Waals surface area contributed by atoms with Crippen molar-refractivity contribution in [2.75, 3.05) is 0 Å². The van der Waals surface area contributed by atoms with Crippen molar-refractivity contribution in [2.45, 2.75) is 13.8 Å². The first-order valence-electron chi connectivity index (χ1n) is 3.99. The maximum atomic E-state index is 10.5. The third-order valence-corrected chi connectivity index (χ3v) is 1.34. The molecule has 14 heavy (non-hydrogen) atoms. The van der Waals surface area contributed by atoms with Gasteiger partial charge in [-0.25, -0.2) is 0 Å². The normalized spacial score (nSPS) is 8.43. The van der Waals surface area contributed by atoms with Crippen molar-refractivity contribution in [3.8, 4) is 0 Å². The quantitative estimate of drug-likeness (QED) is 0.706. The summed E-state index contributed by atoms with van der Waals surface area (Å²) in [6, 6.07) is 7.16. The van der Waals surface area contributed by atoms with Crippen molar-refractivity contribution in [1.29, 1.82) is 0 Å². The van der Waals surface area contributed by atoms with E-state index in [1.165, 1.54) is 0 Å². The Morgan fingerprint density at radius 3 is 1.86 bits per heavy atom. The van der Waals surface area contributed by atoms with Gasteiger partial charge in [-0.1, -0.05) is 17.7 Å². The van der Waals surface area contributed by atoms with Crippen LogP contribution >= 0.6 is 0 Å². The van der Waals surface area contributed by atoms with Crippen molar-refractivity contribution in [1.82, 2.24) is 0 Å². The molecule has 0 aliphatic carbocycles. The minimum Gasteiger partial charge on any atom is -0.481 e. The van der Waals surface area contributed by atoms with Gasteiger partial charge in [0.25, 0.3) is 5.97 Å². The lowest BCUT2D eigenvalue weighted by atomic mass is 10.1. The Hall–Kier alpha value is -1.84. The minimum absolute atomic E-state index is 0.375. The average molecular weight is 195 g/mol. The summed E-state index contributed by atoms with van der Waals surface area (Å²) in [6.07, 6.45) is 0. The zero-order chi connectivity index (χ0) is 11.1. The minimum atomic E-state index is -0.833. The van der Waals surface area contributed by atoms with Gasteiger partial charge in [0.15, 0.2) is 0 Å². The summed E-state index contributed by atoms with van der Waals surface area (Å²) in [5.41, 5.74) is 6.72. The Balaban J connectivity index is 0.000000364. The predicted octanol–water partition coefficient (Wildman–Crippen LogP) is 1.18. The smallest absolute Gasteiger partial charge is 0.300 e. The van der Waals surface area contributed by atoms with E-state index in [0.717, 1.165) is 12.5 Å². The highest BCUT2D eigenvalue weighted by Gasteiger charge is 1.95. The van der Waals surface area contributed by atoms with Crippen LogP contribution in [0, 0.1) is 6.92 Å². The first-order valence-corrected chi connectivity index (χ1v) is 3.99. The summed E-state index contributed by atoms with van der Waals surface area (Å²) in [5, 5.41) is 7.42. The fourth-order valence-electron chi connectivity index (χ4n) is 0.718. The van der Waals surface area contributed by atoms with Crippen molar-refractivity contribution in [2.24, 2.45) is 5.73 Å². The van der Waals surface area contributed by atoms with E-state index >= 15 is 0 Å². The maximum absolute atomic E-state index is 10.5. The molecule has 3 N–H and O–H groups in total. The number of carbonyl (C=O) groups excluding carboxylic acids is 1. The lowest BCUT2D eigenvalue weighted by molar-refractivity contribution is -0.134. The number of carboxylic acid groups (broad SMARTS) is 1. The van der Waals surface area contributed by atoms with Crippen LogP contribution in [-0.4, -0.2) is 17.0 Å².